The largest absolute Gasteiger partial charge is 0.473 e. The maximum Gasteiger partial charge on any atom is 0.274 e. The third-order valence-corrected chi connectivity index (χ3v) is 5.59. The molecule has 0 radical (unpaired) electrons. The monoisotopic (exact) mass is 359 g/mol. The van der Waals surface area contributed by atoms with Gasteiger partial charge < -0.3 is 4.74 Å². The van der Waals surface area contributed by atoms with E-state index >= 15 is 0 Å². The van der Waals surface area contributed by atoms with Gasteiger partial charge >= 0.3 is 0 Å². The molecule has 0 bridgehead atoms. The Bertz CT molecular complexity index is 1070. The Morgan fingerprint density at radius 3 is 2.54 bits per heavy atom. The van der Waals surface area contributed by atoms with Crippen LogP contribution in [0.4, 0.5) is 9.52 Å². The third kappa shape index (κ3) is 2.49. The second-order valence-electron chi connectivity index (χ2n) is 4.90. The molecule has 1 N–H and O–H groups in total. The Hall–Kier alpha value is -2.58. The second-order valence-corrected chi connectivity index (χ2v) is 6.86. The fraction of sp³-hybridized carbons (Fsp3) is 0.0625. The van der Waals surface area contributed by atoms with Gasteiger partial charge in [0.1, 0.15) is 5.82 Å². The number of fused-ring (bicyclic) bond motifs is 3. The number of hydrogen-bond acceptors (Lipinski definition) is 6. The van der Waals surface area contributed by atoms with E-state index in [1.165, 1.54) is 40.9 Å². The van der Waals surface area contributed by atoms with Crippen molar-refractivity contribution in [3.8, 4) is 5.19 Å². The number of thiazole rings is 2. The Morgan fingerprint density at radius 2 is 1.79 bits per heavy atom. The molecule has 0 atom stereocenters. The van der Waals surface area contributed by atoms with Crippen LogP contribution < -0.4 is 10.1 Å². The van der Waals surface area contributed by atoms with Gasteiger partial charge in [-0.3, -0.25) is 10.1 Å². The molecule has 2 heterocycles. The number of amides is 1. The number of anilines is 1. The molecule has 0 aliphatic heterocycles. The van der Waals surface area contributed by atoms with Crippen LogP contribution in [0.2, 0.25) is 0 Å². The molecule has 0 aliphatic rings. The van der Waals surface area contributed by atoms with E-state index in [0.717, 1.165) is 20.4 Å². The second kappa shape index (κ2) is 5.81. The minimum atomic E-state index is -0.564. The number of carbonyl (C=O) groups is 1. The van der Waals surface area contributed by atoms with Crippen molar-refractivity contribution in [2.24, 2.45) is 0 Å². The lowest BCUT2D eigenvalue weighted by Gasteiger charge is -2.02. The van der Waals surface area contributed by atoms with Crippen LogP contribution >= 0.6 is 22.7 Å². The van der Waals surface area contributed by atoms with Crippen LogP contribution in [0, 0.1) is 5.82 Å². The molecular weight excluding hydrogens is 349 g/mol. The van der Waals surface area contributed by atoms with Gasteiger partial charge in [-0.15, -0.1) is 0 Å². The van der Waals surface area contributed by atoms with Crippen LogP contribution in [0.25, 0.3) is 20.4 Å². The zero-order chi connectivity index (χ0) is 16.7. The van der Waals surface area contributed by atoms with Crippen LogP contribution in [0.15, 0.2) is 36.4 Å². The molecule has 0 unspecified atom stereocenters. The number of hydrogen-bond donors (Lipinski definition) is 1. The maximum atomic E-state index is 13.7. The molecule has 4 rings (SSSR count). The van der Waals surface area contributed by atoms with Crippen molar-refractivity contribution < 1.29 is 13.9 Å². The lowest BCUT2D eigenvalue weighted by molar-refractivity contribution is 0.102. The molecule has 2 aromatic carbocycles. The minimum absolute atomic E-state index is 0.0126. The number of carbonyl (C=O) groups excluding carboxylic acids is 1. The van der Waals surface area contributed by atoms with Crippen molar-refractivity contribution in [1.82, 2.24) is 9.97 Å². The maximum absolute atomic E-state index is 13.7. The number of aromatic nitrogens is 2. The van der Waals surface area contributed by atoms with Gasteiger partial charge in [0.2, 0.25) is 0 Å². The van der Waals surface area contributed by atoms with Crippen molar-refractivity contribution >= 4 is 54.1 Å². The first-order valence-electron chi connectivity index (χ1n) is 6.95. The minimum Gasteiger partial charge on any atom is -0.473 e. The van der Waals surface area contributed by atoms with Crippen molar-refractivity contribution in [2.75, 3.05) is 12.4 Å². The molecule has 4 aromatic rings. The Morgan fingerprint density at radius 1 is 1.08 bits per heavy atom. The first kappa shape index (κ1) is 15.0. The number of nitrogens with one attached hydrogen (secondary N) is 1. The van der Waals surface area contributed by atoms with Gasteiger partial charge in [0.25, 0.3) is 11.1 Å². The lowest BCUT2D eigenvalue weighted by Crippen LogP contribution is -2.13. The van der Waals surface area contributed by atoms with Crippen LogP contribution in [-0.2, 0) is 0 Å². The van der Waals surface area contributed by atoms with E-state index in [-0.39, 0.29) is 5.56 Å². The summed E-state index contributed by atoms with van der Waals surface area (Å²) in [6.07, 6.45) is 0. The number of halogens is 1. The van der Waals surface area contributed by atoms with Gasteiger partial charge in [0.05, 0.1) is 33.1 Å². The van der Waals surface area contributed by atoms with Crippen LogP contribution in [0.5, 0.6) is 5.19 Å². The summed E-state index contributed by atoms with van der Waals surface area (Å²) in [5.74, 6) is -1.09. The summed E-state index contributed by atoms with van der Waals surface area (Å²) in [4.78, 5) is 21.0. The Labute approximate surface area is 143 Å². The highest BCUT2D eigenvalue weighted by Gasteiger charge is 2.16. The van der Waals surface area contributed by atoms with Gasteiger partial charge in [0, 0.05) is 0 Å². The van der Waals surface area contributed by atoms with Gasteiger partial charge in [-0.2, -0.15) is 0 Å². The van der Waals surface area contributed by atoms with Gasteiger partial charge in [-0.25, -0.2) is 14.4 Å². The number of benzene rings is 2. The summed E-state index contributed by atoms with van der Waals surface area (Å²) < 4.78 is 20.7. The molecule has 0 fully saturated rings. The zero-order valence-electron chi connectivity index (χ0n) is 12.4. The van der Waals surface area contributed by atoms with Gasteiger partial charge in [-0.05, 0) is 24.3 Å². The predicted molar refractivity (Wildman–Crippen MR) is 93.7 cm³/mol. The molecule has 0 aliphatic carbocycles. The highest BCUT2D eigenvalue weighted by atomic mass is 32.1. The topological polar surface area (TPSA) is 64.1 Å². The number of nitrogens with zero attached hydrogens (tertiary/aromatic N) is 2. The van der Waals surface area contributed by atoms with Gasteiger partial charge in [-0.1, -0.05) is 34.8 Å². The predicted octanol–water partition coefficient (Wildman–Crippen LogP) is 4.31. The van der Waals surface area contributed by atoms with Crippen molar-refractivity contribution in [3.05, 3.63) is 47.8 Å². The molecule has 0 saturated carbocycles. The zero-order valence-corrected chi connectivity index (χ0v) is 14.0. The summed E-state index contributed by atoms with van der Waals surface area (Å²) in [5, 5.41) is 3.64. The van der Waals surface area contributed by atoms with E-state index in [2.05, 4.69) is 15.3 Å². The Kier molecular flexibility index (Phi) is 3.62. The normalized spacial score (nSPS) is 11.1. The van der Waals surface area contributed by atoms with E-state index in [1.807, 2.05) is 12.1 Å². The first-order chi connectivity index (χ1) is 11.7. The average Bonchev–Trinajstić information content (AvgIpc) is 3.17. The highest BCUT2D eigenvalue weighted by Crippen LogP contribution is 2.38. The summed E-state index contributed by atoms with van der Waals surface area (Å²) in [7, 11) is 1.57. The molecule has 0 saturated heterocycles. The summed E-state index contributed by atoms with van der Waals surface area (Å²) in [5.41, 5.74) is 1.56. The Balaban J connectivity index is 1.72. The molecule has 2 aromatic heterocycles. The molecule has 0 spiro atoms. The van der Waals surface area contributed by atoms with E-state index in [9.17, 15) is 9.18 Å². The van der Waals surface area contributed by atoms with E-state index < -0.39 is 11.7 Å². The van der Waals surface area contributed by atoms with E-state index in [1.54, 1.807) is 13.2 Å². The van der Waals surface area contributed by atoms with E-state index in [4.69, 9.17) is 4.74 Å². The van der Waals surface area contributed by atoms with Crippen molar-refractivity contribution in [1.29, 1.82) is 0 Å². The molecule has 8 heteroatoms. The average molecular weight is 359 g/mol. The van der Waals surface area contributed by atoms with Crippen LogP contribution in [0.3, 0.4) is 0 Å². The van der Waals surface area contributed by atoms with Gasteiger partial charge in [0.15, 0.2) is 5.13 Å². The van der Waals surface area contributed by atoms with Crippen LogP contribution in [0.1, 0.15) is 10.4 Å². The van der Waals surface area contributed by atoms with E-state index in [0.29, 0.717) is 10.3 Å². The van der Waals surface area contributed by atoms with Crippen LogP contribution in [-0.4, -0.2) is 23.0 Å². The first-order valence-corrected chi connectivity index (χ1v) is 8.59. The highest BCUT2D eigenvalue weighted by molar-refractivity contribution is 7.29. The fourth-order valence-electron chi connectivity index (χ4n) is 2.30. The third-order valence-electron chi connectivity index (χ3n) is 3.41. The smallest absolute Gasteiger partial charge is 0.274 e. The molecular formula is C16H10FN3O2S2. The lowest BCUT2D eigenvalue weighted by atomic mass is 10.2. The number of rotatable bonds is 3. The molecule has 5 nitrogen and oxygen atoms in total. The molecule has 1 amide bonds. The summed E-state index contributed by atoms with van der Waals surface area (Å²) in [6, 6.07) is 9.54. The number of ether oxygens (including phenoxy) is 1. The number of methoxy groups -OCH3 is 1. The van der Waals surface area contributed by atoms with Crippen molar-refractivity contribution in [2.45, 2.75) is 0 Å². The molecule has 120 valence electrons. The summed E-state index contributed by atoms with van der Waals surface area (Å²) >= 11 is 2.75. The summed E-state index contributed by atoms with van der Waals surface area (Å²) in [6.45, 7) is 0. The standard InChI is InChI=1S/C16H10FN3O2S2/c1-22-16-19-11-7-6-10-12(13(11)24-16)23-15(18-10)20-14(21)8-4-2-3-5-9(8)17/h2-7H,1H3,(H,18,20,21). The van der Waals surface area contributed by atoms with Crippen molar-refractivity contribution in [3.63, 3.8) is 0 Å². The fourth-order valence-corrected chi connectivity index (χ4v) is 4.27. The SMILES string of the molecule is COc1nc2ccc3nc(NC(=O)c4ccccc4F)sc3c2s1. The molecule has 24 heavy (non-hydrogen) atoms. The quantitative estimate of drug-likeness (QED) is 0.592.